The Bertz CT molecular complexity index is 937. The molecule has 2 aromatic carbocycles. The molecule has 1 aromatic heterocycles. The predicted octanol–water partition coefficient (Wildman–Crippen LogP) is 4.04. The number of rotatable bonds is 3. The van der Waals surface area contributed by atoms with E-state index in [0.29, 0.717) is 6.42 Å². The number of hydrogen-bond donors (Lipinski definition) is 0. The molecule has 0 unspecified atom stereocenters. The summed E-state index contributed by atoms with van der Waals surface area (Å²) in [6.07, 6.45) is 4.80. The van der Waals surface area contributed by atoms with Crippen LogP contribution in [0, 0.1) is 0 Å². The van der Waals surface area contributed by atoms with E-state index in [1.807, 2.05) is 12.1 Å². The number of ketones is 1. The minimum absolute atomic E-state index is 0.275. The predicted molar refractivity (Wildman–Crippen MR) is 102 cm³/mol. The summed E-state index contributed by atoms with van der Waals surface area (Å²) in [7, 11) is 2.05. The molecule has 0 bridgehead atoms. The van der Waals surface area contributed by atoms with Gasteiger partial charge in [-0.25, -0.2) is 0 Å². The van der Waals surface area contributed by atoms with Crippen molar-refractivity contribution in [2.45, 2.75) is 13.0 Å². The van der Waals surface area contributed by atoms with Gasteiger partial charge in [0.05, 0.1) is 0 Å². The molecule has 1 aliphatic heterocycles. The van der Waals surface area contributed by atoms with Crippen LogP contribution < -0.4 is 0 Å². The molecule has 126 valence electrons. The highest BCUT2D eigenvalue weighted by molar-refractivity contribution is 6.03. The van der Waals surface area contributed by atoms with E-state index < -0.39 is 0 Å². The number of nitrogens with zero attached hydrogens (tertiary/aromatic N) is 2. The van der Waals surface area contributed by atoms with Crippen LogP contribution in [0.5, 0.6) is 0 Å². The Balaban J connectivity index is 1.61. The van der Waals surface area contributed by atoms with Crippen LogP contribution in [-0.4, -0.2) is 28.3 Å². The van der Waals surface area contributed by atoms with Crippen molar-refractivity contribution < 1.29 is 4.79 Å². The normalized spacial score (nSPS) is 17.5. The van der Waals surface area contributed by atoms with E-state index in [9.17, 15) is 4.79 Å². The van der Waals surface area contributed by atoms with E-state index in [0.717, 1.165) is 30.8 Å². The standard InChI is InChI=1S/C22H22N2O/c1-23-15-18(20-9-5-6-10-21(20)23)13-19-16-24(12-11-22(19)25)14-17-7-3-2-4-8-17/h2-10,13,15H,11-12,14,16H2,1H3/b19-13+. The number of Topliss-reactive ketones (excluding diaryl/α,β-unsaturated/α-hetero) is 1. The molecule has 25 heavy (non-hydrogen) atoms. The summed E-state index contributed by atoms with van der Waals surface area (Å²) in [6, 6.07) is 18.8. The van der Waals surface area contributed by atoms with Crippen LogP contribution in [0.3, 0.4) is 0 Å². The topological polar surface area (TPSA) is 25.2 Å². The first-order valence-electron chi connectivity index (χ1n) is 8.75. The molecule has 0 saturated carbocycles. The monoisotopic (exact) mass is 330 g/mol. The third-order valence-corrected chi connectivity index (χ3v) is 4.91. The average Bonchev–Trinajstić information content (AvgIpc) is 2.95. The van der Waals surface area contributed by atoms with E-state index >= 15 is 0 Å². The quantitative estimate of drug-likeness (QED) is 0.677. The molecule has 0 amide bonds. The lowest BCUT2D eigenvalue weighted by Crippen LogP contribution is -2.35. The van der Waals surface area contributed by atoms with Crippen LogP contribution in [0.2, 0.25) is 0 Å². The third-order valence-electron chi connectivity index (χ3n) is 4.91. The Morgan fingerprint density at radius 2 is 1.80 bits per heavy atom. The van der Waals surface area contributed by atoms with Gasteiger partial charge in [0.25, 0.3) is 0 Å². The molecule has 0 spiro atoms. The van der Waals surface area contributed by atoms with Gasteiger partial charge in [-0.05, 0) is 17.7 Å². The highest BCUT2D eigenvalue weighted by Crippen LogP contribution is 2.25. The summed E-state index contributed by atoms with van der Waals surface area (Å²) >= 11 is 0. The molecule has 3 heteroatoms. The van der Waals surface area contributed by atoms with Crippen LogP contribution in [0.4, 0.5) is 0 Å². The molecule has 1 fully saturated rings. The average molecular weight is 330 g/mol. The second-order valence-electron chi connectivity index (χ2n) is 6.75. The van der Waals surface area contributed by atoms with Crippen LogP contribution in [0.15, 0.2) is 66.4 Å². The smallest absolute Gasteiger partial charge is 0.161 e. The Kier molecular flexibility index (Phi) is 4.24. The lowest BCUT2D eigenvalue weighted by Gasteiger charge is -2.27. The Hall–Kier alpha value is -2.65. The third kappa shape index (κ3) is 3.28. The van der Waals surface area contributed by atoms with Gasteiger partial charge >= 0.3 is 0 Å². The van der Waals surface area contributed by atoms with E-state index in [4.69, 9.17) is 0 Å². The van der Waals surface area contributed by atoms with Gasteiger partial charge in [-0.1, -0.05) is 48.5 Å². The number of hydrogen-bond acceptors (Lipinski definition) is 2. The maximum Gasteiger partial charge on any atom is 0.161 e. The van der Waals surface area contributed by atoms with Crippen LogP contribution in [-0.2, 0) is 18.4 Å². The van der Waals surface area contributed by atoms with Gasteiger partial charge in [-0.3, -0.25) is 9.69 Å². The fourth-order valence-electron chi connectivity index (χ4n) is 3.61. The summed E-state index contributed by atoms with van der Waals surface area (Å²) in [5, 5.41) is 1.20. The Morgan fingerprint density at radius 3 is 2.64 bits per heavy atom. The van der Waals surface area contributed by atoms with Gasteiger partial charge in [-0.15, -0.1) is 0 Å². The van der Waals surface area contributed by atoms with E-state index in [2.05, 4.69) is 71.3 Å². The second-order valence-corrected chi connectivity index (χ2v) is 6.75. The van der Waals surface area contributed by atoms with Gasteiger partial charge < -0.3 is 4.57 Å². The van der Waals surface area contributed by atoms with Gasteiger partial charge in [0, 0.05) is 61.3 Å². The fourth-order valence-corrected chi connectivity index (χ4v) is 3.61. The van der Waals surface area contributed by atoms with E-state index in [-0.39, 0.29) is 5.78 Å². The molecule has 1 saturated heterocycles. The minimum Gasteiger partial charge on any atom is -0.350 e. The molecule has 1 aliphatic rings. The zero-order valence-corrected chi connectivity index (χ0v) is 14.5. The van der Waals surface area contributed by atoms with Gasteiger partial charge in [0.15, 0.2) is 5.78 Å². The number of para-hydroxylation sites is 1. The number of fused-ring (bicyclic) bond motifs is 1. The molecule has 0 atom stereocenters. The van der Waals surface area contributed by atoms with Crippen molar-refractivity contribution >= 4 is 22.8 Å². The molecule has 2 heterocycles. The maximum atomic E-state index is 12.4. The molecule has 0 radical (unpaired) electrons. The number of carbonyl (C=O) groups is 1. The fraction of sp³-hybridized carbons (Fsp3) is 0.227. The highest BCUT2D eigenvalue weighted by Gasteiger charge is 2.21. The molecular weight excluding hydrogens is 308 g/mol. The lowest BCUT2D eigenvalue weighted by molar-refractivity contribution is -0.117. The number of aryl methyl sites for hydroxylation is 1. The molecular formula is C22H22N2O. The molecule has 0 aliphatic carbocycles. The number of carbonyl (C=O) groups excluding carboxylic acids is 1. The first-order chi connectivity index (χ1) is 12.2. The number of piperidine rings is 1. The van der Waals surface area contributed by atoms with Crippen molar-refractivity contribution in [1.82, 2.24) is 9.47 Å². The van der Waals surface area contributed by atoms with Crippen molar-refractivity contribution in [2.24, 2.45) is 7.05 Å². The Labute approximate surface area is 148 Å². The highest BCUT2D eigenvalue weighted by atomic mass is 16.1. The van der Waals surface area contributed by atoms with Gasteiger partial charge in [-0.2, -0.15) is 0 Å². The number of likely N-dealkylation sites (tertiary alicyclic amines) is 1. The summed E-state index contributed by atoms with van der Waals surface area (Å²) in [5.41, 5.74) is 4.53. The van der Waals surface area contributed by atoms with Crippen molar-refractivity contribution in [3.8, 4) is 0 Å². The maximum absolute atomic E-state index is 12.4. The number of aromatic nitrogens is 1. The van der Waals surface area contributed by atoms with E-state index in [1.165, 1.54) is 16.5 Å². The summed E-state index contributed by atoms with van der Waals surface area (Å²) < 4.78 is 2.12. The van der Waals surface area contributed by atoms with Gasteiger partial charge in [0.2, 0.25) is 0 Å². The van der Waals surface area contributed by atoms with Crippen molar-refractivity contribution in [1.29, 1.82) is 0 Å². The summed E-state index contributed by atoms with van der Waals surface area (Å²) in [4.78, 5) is 14.8. The summed E-state index contributed by atoms with van der Waals surface area (Å²) in [5.74, 6) is 0.275. The van der Waals surface area contributed by atoms with E-state index in [1.54, 1.807) is 0 Å². The summed E-state index contributed by atoms with van der Waals surface area (Å²) in [6.45, 7) is 2.44. The number of benzene rings is 2. The second kappa shape index (κ2) is 6.69. The lowest BCUT2D eigenvalue weighted by atomic mass is 9.99. The minimum atomic E-state index is 0.275. The van der Waals surface area contributed by atoms with Gasteiger partial charge in [0.1, 0.15) is 0 Å². The SMILES string of the molecule is Cn1cc(/C=C2\CN(Cc3ccccc3)CCC2=O)c2ccccc21. The molecule has 3 nitrogen and oxygen atoms in total. The van der Waals surface area contributed by atoms with Crippen LogP contribution in [0.25, 0.3) is 17.0 Å². The first-order valence-corrected chi connectivity index (χ1v) is 8.75. The van der Waals surface area contributed by atoms with Crippen molar-refractivity contribution in [2.75, 3.05) is 13.1 Å². The molecule has 3 aromatic rings. The van der Waals surface area contributed by atoms with Crippen LogP contribution >= 0.6 is 0 Å². The molecule has 4 rings (SSSR count). The zero-order valence-electron chi connectivity index (χ0n) is 14.5. The van der Waals surface area contributed by atoms with Crippen LogP contribution in [0.1, 0.15) is 17.5 Å². The molecule has 0 N–H and O–H groups in total. The first kappa shape index (κ1) is 15.9. The largest absolute Gasteiger partial charge is 0.350 e. The Morgan fingerprint density at radius 1 is 1.04 bits per heavy atom. The van der Waals surface area contributed by atoms with Crippen molar-refractivity contribution in [3.63, 3.8) is 0 Å². The zero-order chi connectivity index (χ0) is 17.2. The van der Waals surface area contributed by atoms with Crippen molar-refractivity contribution in [3.05, 3.63) is 77.5 Å².